The Kier molecular flexibility index (Phi) is 5.67. The molecule has 5 nitrogen and oxygen atoms in total. The summed E-state index contributed by atoms with van der Waals surface area (Å²) >= 11 is 1.62. The van der Waals surface area contributed by atoms with Crippen molar-refractivity contribution in [2.45, 2.75) is 17.3 Å². The van der Waals surface area contributed by atoms with Crippen LogP contribution in [-0.2, 0) is 12.8 Å². The Morgan fingerprint density at radius 1 is 1.43 bits per heavy atom. The first-order valence-corrected chi connectivity index (χ1v) is 7.46. The van der Waals surface area contributed by atoms with E-state index in [2.05, 4.69) is 21.9 Å². The molecule has 6 heteroatoms. The number of hydrogen-bond acceptors (Lipinski definition) is 5. The number of aromatic nitrogens is 3. The fourth-order valence-corrected chi connectivity index (χ4v) is 2.55. The van der Waals surface area contributed by atoms with E-state index in [0.29, 0.717) is 6.42 Å². The van der Waals surface area contributed by atoms with Gasteiger partial charge in [0.2, 0.25) is 0 Å². The van der Waals surface area contributed by atoms with Crippen LogP contribution >= 0.6 is 11.8 Å². The van der Waals surface area contributed by atoms with Gasteiger partial charge in [-0.3, -0.25) is 0 Å². The average molecular weight is 303 g/mol. The Morgan fingerprint density at radius 2 is 2.29 bits per heavy atom. The maximum Gasteiger partial charge on any atom is 0.186 e. The molecule has 0 saturated heterocycles. The lowest BCUT2D eigenvalue weighted by atomic mass is 10.1. The molecule has 0 aliphatic rings. The van der Waals surface area contributed by atoms with Crippen LogP contribution in [0.2, 0.25) is 0 Å². The number of hydrogen-bond donors (Lipinski definition) is 1. The lowest BCUT2D eigenvalue weighted by molar-refractivity contribution is 0.305. The van der Waals surface area contributed by atoms with Crippen LogP contribution in [-0.4, -0.2) is 33.6 Å². The molecule has 21 heavy (non-hydrogen) atoms. The molecule has 1 N–H and O–H groups in total. The summed E-state index contributed by atoms with van der Waals surface area (Å²) in [6.45, 7) is 0.0665. The van der Waals surface area contributed by atoms with Crippen molar-refractivity contribution in [2.75, 3.05) is 13.7 Å². The molecule has 0 saturated carbocycles. The Labute approximate surface area is 128 Å². The largest absolute Gasteiger partial charge is 0.495 e. The molecule has 0 bridgehead atoms. The first kappa shape index (κ1) is 15.4. The van der Waals surface area contributed by atoms with Gasteiger partial charge in [-0.05, 0) is 17.7 Å². The summed E-state index contributed by atoms with van der Waals surface area (Å²) in [6, 6.07) is 5.93. The standard InChI is InChI=1S/C15H17N3O2S/c1-18-15(16-11-17-18)21-10-12-6-7-14(20-2)13(9-12)5-3-4-8-19/h6-7,9,11,19H,4,8,10H2,1-2H3. The van der Waals surface area contributed by atoms with Crippen molar-refractivity contribution in [3.8, 4) is 17.6 Å². The van der Waals surface area contributed by atoms with Gasteiger partial charge in [0.05, 0.1) is 19.3 Å². The number of benzene rings is 1. The zero-order valence-corrected chi connectivity index (χ0v) is 12.9. The van der Waals surface area contributed by atoms with Crippen LogP contribution in [0.25, 0.3) is 0 Å². The van der Waals surface area contributed by atoms with Crippen molar-refractivity contribution < 1.29 is 9.84 Å². The van der Waals surface area contributed by atoms with Crippen molar-refractivity contribution in [1.29, 1.82) is 0 Å². The number of ether oxygens (including phenoxy) is 1. The van der Waals surface area contributed by atoms with E-state index in [4.69, 9.17) is 9.84 Å². The van der Waals surface area contributed by atoms with E-state index >= 15 is 0 Å². The molecule has 0 radical (unpaired) electrons. The molecule has 1 aromatic heterocycles. The highest BCUT2D eigenvalue weighted by atomic mass is 32.2. The van der Waals surface area contributed by atoms with Crippen LogP contribution in [0.1, 0.15) is 17.5 Å². The molecule has 0 aliphatic heterocycles. The second kappa shape index (κ2) is 7.72. The maximum absolute atomic E-state index is 8.79. The fraction of sp³-hybridized carbons (Fsp3) is 0.333. The van der Waals surface area contributed by atoms with Gasteiger partial charge in [0.1, 0.15) is 12.1 Å². The molecule has 1 heterocycles. The molecule has 0 atom stereocenters. The van der Waals surface area contributed by atoms with E-state index in [9.17, 15) is 0 Å². The van der Waals surface area contributed by atoms with Crippen LogP contribution in [0, 0.1) is 11.8 Å². The van der Waals surface area contributed by atoms with Crippen LogP contribution in [0.5, 0.6) is 5.75 Å². The fourth-order valence-electron chi connectivity index (χ4n) is 1.72. The van der Waals surface area contributed by atoms with E-state index < -0.39 is 0 Å². The number of thioether (sulfide) groups is 1. The molecule has 0 fully saturated rings. The molecule has 0 unspecified atom stereocenters. The molecular weight excluding hydrogens is 286 g/mol. The predicted octanol–water partition coefficient (Wildman–Crippen LogP) is 1.85. The highest BCUT2D eigenvalue weighted by Gasteiger charge is 2.05. The van der Waals surface area contributed by atoms with Gasteiger partial charge < -0.3 is 9.84 Å². The van der Waals surface area contributed by atoms with Crippen molar-refractivity contribution in [3.63, 3.8) is 0 Å². The first-order chi connectivity index (χ1) is 10.2. The summed E-state index contributed by atoms with van der Waals surface area (Å²) in [5.74, 6) is 7.48. The zero-order valence-electron chi connectivity index (χ0n) is 12.0. The second-order valence-corrected chi connectivity index (χ2v) is 5.21. The van der Waals surface area contributed by atoms with Crippen LogP contribution in [0.4, 0.5) is 0 Å². The smallest absolute Gasteiger partial charge is 0.186 e. The summed E-state index contributed by atoms with van der Waals surface area (Å²) in [6.07, 6.45) is 2.00. The van der Waals surface area contributed by atoms with Gasteiger partial charge in [-0.2, -0.15) is 5.10 Å². The van der Waals surface area contributed by atoms with Gasteiger partial charge in [0.25, 0.3) is 0 Å². The average Bonchev–Trinajstić information content (AvgIpc) is 2.91. The van der Waals surface area contributed by atoms with Crippen molar-refractivity contribution >= 4 is 11.8 Å². The van der Waals surface area contributed by atoms with Gasteiger partial charge in [0.15, 0.2) is 5.16 Å². The number of nitrogens with zero attached hydrogens (tertiary/aromatic N) is 3. The highest BCUT2D eigenvalue weighted by Crippen LogP contribution is 2.24. The second-order valence-electron chi connectivity index (χ2n) is 4.26. The molecule has 0 aliphatic carbocycles. The molecule has 0 spiro atoms. The molecule has 0 amide bonds. The molecular formula is C15H17N3O2S. The summed E-state index contributed by atoms with van der Waals surface area (Å²) < 4.78 is 7.05. The summed E-state index contributed by atoms with van der Waals surface area (Å²) in [5, 5.41) is 13.7. The van der Waals surface area contributed by atoms with Crippen molar-refractivity contribution in [2.24, 2.45) is 7.05 Å². The van der Waals surface area contributed by atoms with Crippen molar-refractivity contribution in [3.05, 3.63) is 35.7 Å². The van der Waals surface area contributed by atoms with Crippen LogP contribution < -0.4 is 4.74 Å². The lowest BCUT2D eigenvalue weighted by Gasteiger charge is -2.06. The third-order valence-corrected chi connectivity index (χ3v) is 3.87. The molecule has 2 aromatic rings. The number of aryl methyl sites for hydroxylation is 1. The van der Waals surface area contributed by atoms with Gasteiger partial charge in [-0.1, -0.05) is 29.7 Å². The Morgan fingerprint density at radius 3 is 2.95 bits per heavy atom. The van der Waals surface area contributed by atoms with Crippen LogP contribution in [0.3, 0.4) is 0 Å². The minimum Gasteiger partial charge on any atom is -0.495 e. The number of rotatable bonds is 5. The third kappa shape index (κ3) is 4.25. The highest BCUT2D eigenvalue weighted by molar-refractivity contribution is 7.98. The van der Waals surface area contributed by atoms with Gasteiger partial charge in [-0.25, -0.2) is 9.67 Å². The van der Waals surface area contributed by atoms with Gasteiger partial charge in [0, 0.05) is 19.2 Å². The topological polar surface area (TPSA) is 60.2 Å². The molecule has 1 aromatic carbocycles. The minimum absolute atomic E-state index is 0.0665. The summed E-state index contributed by atoms with van der Waals surface area (Å²) in [7, 11) is 3.50. The van der Waals surface area contributed by atoms with Crippen LogP contribution in [0.15, 0.2) is 29.7 Å². The SMILES string of the molecule is COc1ccc(CSc2ncnn2C)cc1C#CCCO. The van der Waals surface area contributed by atoms with Crippen molar-refractivity contribution in [1.82, 2.24) is 14.8 Å². The Balaban J connectivity index is 2.12. The number of aliphatic hydroxyl groups excluding tert-OH is 1. The first-order valence-electron chi connectivity index (χ1n) is 6.48. The molecule has 110 valence electrons. The maximum atomic E-state index is 8.79. The lowest BCUT2D eigenvalue weighted by Crippen LogP contribution is -1.94. The Hall–Kier alpha value is -1.97. The monoisotopic (exact) mass is 303 g/mol. The van der Waals surface area contributed by atoms with E-state index in [1.54, 1.807) is 29.9 Å². The summed E-state index contributed by atoms with van der Waals surface area (Å²) in [4.78, 5) is 4.18. The van der Waals surface area contributed by atoms with Gasteiger partial charge in [-0.15, -0.1) is 0 Å². The third-order valence-electron chi connectivity index (χ3n) is 2.76. The quantitative estimate of drug-likeness (QED) is 0.675. The number of aliphatic hydroxyl groups is 1. The minimum atomic E-state index is 0.0665. The Bertz CT molecular complexity index is 658. The van der Waals surface area contributed by atoms with E-state index in [-0.39, 0.29) is 6.61 Å². The molecule has 2 rings (SSSR count). The van der Waals surface area contributed by atoms with E-state index in [0.717, 1.165) is 27.8 Å². The van der Waals surface area contributed by atoms with Gasteiger partial charge >= 0.3 is 0 Å². The normalized spacial score (nSPS) is 10.0. The van der Waals surface area contributed by atoms with E-state index in [1.165, 1.54) is 0 Å². The van der Waals surface area contributed by atoms with E-state index in [1.807, 2.05) is 25.2 Å². The predicted molar refractivity (Wildman–Crippen MR) is 82.1 cm³/mol. The summed E-state index contributed by atoms with van der Waals surface area (Å²) in [5.41, 5.74) is 1.97. The zero-order chi connectivity index (χ0) is 15.1. The number of methoxy groups -OCH3 is 1.